The van der Waals surface area contributed by atoms with Gasteiger partial charge in [0.2, 0.25) is 0 Å². The molecule has 7 heteroatoms. The highest BCUT2D eigenvalue weighted by atomic mass is 79.9. The molecule has 2 N–H and O–H groups in total. The molecular formula is C25H25BrN4O2. The minimum Gasteiger partial charge on any atom is -0.372 e. The van der Waals surface area contributed by atoms with E-state index in [1.165, 1.54) is 0 Å². The number of hydrogen-bond donors (Lipinski definition) is 2. The lowest BCUT2D eigenvalue weighted by atomic mass is 10.1. The van der Waals surface area contributed by atoms with Crippen molar-refractivity contribution >= 4 is 45.3 Å². The second-order valence-electron chi connectivity index (χ2n) is 7.01. The van der Waals surface area contributed by atoms with Gasteiger partial charge in [0.05, 0.1) is 6.21 Å². The van der Waals surface area contributed by atoms with E-state index < -0.39 is 0 Å². The molecule has 0 radical (unpaired) electrons. The first-order valence-electron chi connectivity index (χ1n) is 10.4. The molecule has 0 saturated carbocycles. The van der Waals surface area contributed by atoms with Crippen LogP contribution >= 0.6 is 15.9 Å². The minimum atomic E-state index is -0.362. The summed E-state index contributed by atoms with van der Waals surface area (Å²) in [6.07, 6.45) is 1.60. The number of carbonyl (C=O) groups excluding carboxylic acids is 2. The number of hydrogen-bond acceptors (Lipinski definition) is 4. The Morgan fingerprint density at radius 1 is 0.906 bits per heavy atom. The van der Waals surface area contributed by atoms with Crippen LogP contribution in [0.4, 0.5) is 11.4 Å². The Kier molecular flexibility index (Phi) is 8.16. The molecule has 0 fully saturated rings. The summed E-state index contributed by atoms with van der Waals surface area (Å²) in [5, 5.41) is 6.85. The Balaban J connectivity index is 1.60. The van der Waals surface area contributed by atoms with E-state index in [1.54, 1.807) is 48.7 Å². The highest BCUT2D eigenvalue weighted by Crippen LogP contribution is 2.16. The third-order valence-corrected chi connectivity index (χ3v) is 5.36. The maximum atomic E-state index is 12.5. The first kappa shape index (κ1) is 23.2. The number of nitrogens with zero attached hydrogens (tertiary/aromatic N) is 2. The van der Waals surface area contributed by atoms with Crippen molar-refractivity contribution in [3.63, 3.8) is 0 Å². The lowest BCUT2D eigenvalue weighted by Crippen LogP contribution is -2.21. The van der Waals surface area contributed by atoms with Crippen molar-refractivity contribution in [2.45, 2.75) is 13.8 Å². The average molecular weight is 493 g/mol. The smallest absolute Gasteiger partial charge is 0.271 e. The summed E-state index contributed by atoms with van der Waals surface area (Å²) in [6, 6.07) is 21.8. The maximum absolute atomic E-state index is 12.5. The summed E-state index contributed by atoms with van der Waals surface area (Å²) in [4.78, 5) is 27.1. The summed E-state index contributed by atoms with van der Waals surface area (Å²) >= 11 is 3.36. The third-order valence-electron chi connectivity index (χ3n) is 4.87. The molecule has 0 bridgehead atoms. The second-order valence-corrected chi connectivity index (χ2v) is 7.92. The van der Waals surface area contributed by atoms with Gasteiger partial charge in [-0.15, -0.1) is 0 Å². The third kappa shape index (κ3) is 6.28. The van der Waals surface area contributed by atoms with Gasteiger partial charge in [-0.2, -0.15) is 5.10 Å². The molecule has 0 unspecified atom stereocenters. The first-order chi connectivity index (χ1) is 15.5. The van der Waals surface area contributed by atoms with Crippen LogP contribution in [-0.4, -0.2) is 31.1 Å². The monoisotopic (exact) mass is 492 g/mol. The summed E-state index contributed by atoms with van der Waals surface area (Å²) in [5.41, 5.74) is 6.00. The van der Waals surface area contributed by atoms with Gasteiger partial charge >= 0.3 is 0 Å². The number of rotatable bonds is 8. The molecule has 3 rings (SSSR count). The van der Waals surface area contributed by atoms with E-state index in [-0.39, 0.29) is 11.8 Å². The zero-order valence-electron chi connectivity index (χ0n) is 18.0. The molecule has 0 aliphatic carbocycles. The Morgan fingerprint density at radius 3 is 2.22 bits per heavy atom. The zero-order valence-corrected chi connectivity index (χ0v) is 19.6. The van der Waals surface area contributed by atoms with Crippen LogP contribution < -0.4 is 15.6 Å². The van der Waals surface area contributed by atoms with E-state index in [9.17, 15) is 9.59 Å². The Morgan fingerprint density at radius 2 is 1.56 bits per heavy atom. The van der Waals surface area contributed by atoms with Crippen molar-refractivity contribution in [2.24, 2.45) is 5.10 Å². The van der Waals surface area contributed by atoms with Crippen molar-refractivity contribution < 1.29 is 9.59 Å². The van der Waals surface area contributed by atoms with Crippen LogP contribution in [0.1, 0.15) is 40.1 Å². The lowest BCUT2D eigenvalue weighted by molar-refractivity contribution is 0.0953. The van der Waals surface area contributed by atoms with Crippen molar-refractivity contribution in [2.75, 3.05) is 23.3 Å². The van der Waals surface area contributed by atoms with E-state index in [0.717, 1.165) is 28.8 Å². The number of amides is 2. The first-order valence-corrected chi connectivity index (χ1v) is 11.1. The lowest BCUT2D eigenvalue weighted by Gasteiger charge is -2.20. The molecule has 0 aromatic heterocycles. The van der Waals surface area contributed by atoms with Crippen LogP contribution in [0.5, 0.6) is 0 Å². The fourth-order valence-corrected chi connectivity index (χ4v) is 3.56. The fraction of sp³-hybridized carbons (Fsp3) is 0.160. The van der Waals surface area contributed by atoms with Crippen molar-refractivity contribution in [1.82, 2.24) is 5.43 Å². The normalized spacial score (nSPS) is 10.7. The molecular weight excluding hydrogens is 468 g/mol. The number of carbonyl (C=O) groups is 2. The highest BCUT2D eigenvalue weighted by Gasteiger charge is 2.09. The largest absolute Gasteiger partial charge is 0.372 e. The van der Waals surface area contributed by atoms with Gasteiger partial charge in [0.25, 0.3) is 11.8 Å². The van der Waals surface area contributed by atoms with Crippen molar-refractivity contribution in [3.05, 3.63) is 94.0 Å². The standard InChI is InChI=1S/C25H25BrN4O2/c1-3-30(4-2)23-13-11-18(12-14-23)17-27-29-25(32)20-8-6-10-22(16-20)28-24(31)19-7-5-9-21(26)15-19/h5-17H,3-4H2,1-2H3,(H,28,31)(H,29,32)/b27-17-. The summed E-state index contributed by atoms with van der Waals surface area (Å²) in [6.45, 7) is 6.13. The fourth-order valence-electron chi connectivity index (χ4n) is 3.16. The van der Waals surface area contributed by atoms with E-state index in [4.69, 9.17) is 0 Å². The molecule has 0 atom stereocenters. The van der Waals surface area contributed by atoms with E-state index in [1.807, 2.05) is 30.3 Å². The van der Waals surface area contributed by atoms with Crippen LogP contribution in [0.25, 0.3) is 0 Å². The predicted molar refractivity (Wildman–Crippen MR) is 134 cm³/mol. The maximum Gasteiger partial charge on any atom is 0.271 e. The van der Waals surface area contributed by atoms with Gasteiger partial charge in [-0.25, -0.2) is 5.43 Å². The van der Waals surface area contributed by atoms with Crippen LogP contribution in [0.2, 0.25) is 0 Å². The number of anilines is 2. The van der Waals surface area contributed by atoms with Gasteiger partial charge in [0.1, 0.15) is 0 Å². The molecule has 6 nitrogen and oxygen atoms in total. The molecule has 3 aromatic carbocycles. The minimum absolute atomic E-state index is 0.255. The Bertz CT molecular complexity index is 1110. The number of nitrogens with one attached hydrogen (secondary N) is 2. The van der Waals surface area contributed by atoms with Crippen LogP contribution in [0.15, 0.2) is 82.4 Å². The Hall–Kier alpha value is -3.45. The van der Waals surface area contributed by atoms with E-state index in [0.29, 0.717) is 16.8 Å². The summed E-state index contributed by atoms with van der Waals surface area (Å²) in [7, 11) is 0. The number of hydrazone groups is 1. The molecule has 2 amide bonds. The summed E-state index contributed by atoms with van der Waals surface area (Å²) in [5.74, 6) is -0.616. The SMILES string of the molecule is CCN(CC)c1ccc(/C=N\NC(=O)c2cccc(NC(=O)c3cccc(Br)c3)c2)cc1. The van der Waals surface area contributed by atoms with E-state index in [2.05, 4.69) is 50.5 Å². The van der Waals surface area contributed by atoms with E-state index >= 15 is 0 Å². The molecule has 3 aromatic rings. The molecule has 0 heterocycles. The molecule has 32 heavy (non-hydrogen) atoms. The van der Waals surface area contributed by atoms with Gasteiger partial charge in [-0.05, 0) is 67.9 Å². The number of benzene rings is 3. The second kappa shape index (κ2) is 11.2. The highest BCUT2D eigenvalue weighted by molar-refractivity contribution is 9.10. The van der Waals surface area contributed by atoms with Crippen LogP contribution in [0, 0.1) is 0 Å². The van der Waals surface area contributed by atoms with Gasteiger partial charge < -0.3 is 10.2 Å². The molecule has 164 valence electrons. The predicted octanol–water partition coefficient (Wildman–Crippen LogP) is 5.31. The van der Waals surface area contributed by atoms with Crippen LogP contribution in [-0.2, 0) is 0 Å². The molecule has 0 saturated heterocycles. The Labute approximate surface area is 196 Å². The van der Waals surface area contributed by atoms with Gasteiger partial charge in [-0.1, -0.05) is 40.2 Å². The molecule has 0 aliphatic heterocycles. The van der Waals surface area contributed by atoms with Gasteiger partial charge in [0, 0.05) is 40.1 Å². The zero-order chi connectivity index (χ0) is 22.9. The quantitative estimate of drug-likeness (QED) is 0.330. The van der Waals surface area contributed by atoms with Crippen molar-refractivity contribution in [3.8, 4) is 0 Å². The van der Waals surface area contributed by atoms with Gasteiger partial charge in [-0.3, -0.25) is 9.59 Å². The number of halogens is 1. The molecule has 0 aliphatic rings. The van der Waals surface area contributed by atoms with Crippen molar-refractivity contribution in [1.29, 1.82) is 0 Å². The topological polar surface area (TPSA) is 73.8 Å². The summed E-state index contributed by atoms with van der Waals surface area (Å²) < 4.78 is 0.818. The molecule has 0 spiro atoms. The van der Waals surface area contributed by atoms with Gasteiger partial charge in [0.15, 0.2) is 0 Å². The van der Waals surface area contributed by atoms with Crippen LogP contribution in [0.3, 0.4) is 0 Å². The average Bonchev–Trinajstić information content (AvgIpc) is 2.81.